The number of hydrogen-bond donors (Lipinski definition) is 1. The van der Waals surface area contributed by atoms with E-state index in [0.29, 0.717) is 44.0 Å². The van der Waals surface area contributed by atoms with Gasteiger partial charge in [-0.3, -0.25) is 10.1 Å². The number of rotatable bonds is 5. The average Bonchev–Trinajstić information content (AvgIpc) is 2.46. The van der Waals surface area contributed by atoms with Crippen molar-refractivity contribution in [1.29, 1.82) is 0 Å². The highest BCUT2D eigenvalue weighted by molar-refractivity contribution is 5.57. The number of hydrogen-bond acceptors (Lipinski definition) is 6. The van der Waals surface area contributed by atoms with Gasteiger partial charge in [0.15, 0.2) is 0 Å². The first kappa shape index (κ1) is 15.5. The Kier molecular flexibility index (Phi) is 4.64. The number of ether oxygens (including phenoxy) is 2. The topological polar surface area (TPSA) is 85.1 Å². The molecule has 1 N–H and O–H groups in total. The summed E-state index contributed by atoms with van der Waals surface area (Å²) in [5, 5.41) is 21.5. The minimum atomic E-state index is -0.829. The van der Waals surface area contributed by atoms with Crippen LogP contribution in [0.1, 0.15) is 12.8 Å². The molecule has 0 aliphatic carbocycles. The summed E-state index contributed by atoms with van der Waals surface area (Å²) in [5.74, 6) is 0.421. The van der Waals surface area contributed by atoms with Crippen molar-refractivity contribution in [2.24, 2.45) is 0 Å². The fourth-order valence-corrected chi connectivity index (χ4v) is 2.45. The van der Waals surface area contributed by atoms with Crippen molar-refractivity contribution in [3.63, 3.8) is 0 Å². The molecule has 0 spiro atoms. The van der Waals surface area contributed by atoms with Crippen molar-refractivity contribution in [1.82, 2.24) is 0 Å². The van der Waals surface area contributed by atoms with Gasteiger partial charge in [0.2, 0.25) is 0 Å². The highest BCUT2D eigenvalue weighted by atomic mass is 16.6. The molecule has 2 rings (SSSR count). The van der Waals surface area contributed by atoms with Crippen LogP contribution in [0, 0.1) is 10.1 Å². The first-order valence-electron chi connectivity index (χ1n) is 6.78. The molecule has 1 heterocycles. The highest BCUT2D eigenvalue weighted by Crippen LogP contribution is 2.30. The quantitative estimate of drug-likeness (QED) is 0.656. The van der Waals surface area contributed by atoms with Crippen LogP contribution < -0.4 is 9.64 Å². The van der Waals surface area contributed by atoms with E-state index >= 15 is 0 Å². The zero-order chi connectivity index (χ0) is 15.5. The Labute approximate surface area is 123 Å². The molecule has 1 saturated heterocycles. The van der Waals surface area contributed by atoms with E-state index in [2.05, 4.69) is 0 Å². The summed E-state index contributed by atoms with van der Waals surface area (Å²) in [6, 6.07) is 4.57. The molecule has 0 radical (unpaired) electrons. The van der Waals surface area contributed by atoms with Crippen LogP contribution in [0.5, 0.6) is 5.75 Å². The Morgan fingerprint density at radius 3 is 2.67 bits per heavy atom. The molecule has 0 amide bonds. The second-order valence-corrected chi connectivity index (χ2v) is 5.34. The number of nitrogens with zero attached hydrogens (tertiary/aromatic N) is 2. The van der Waals surface area contributed by atoms with Crippen molar-refractivity contribution in [3.05, 3.63) is 28.3 Å². The predicted octanol–water partition coefficient (Wildman–Crippen LogP) is 1.58. The molecule has 1 aromatic rings. The number of methoxy groups -OCH3 is 1. The van der Waals surface area contributed by atoms with Crippen LogP contribution in [0.15, 0.2) is 18.2 Å². The summed E-state index contributed by atoms with van der Waals surface area (Å²) in [6.07, 6.45) is 1.12. The van der Waals surface area contributed by atoms with Gasteiger partial charge in [0.25, 0.3) is 5.69 Å². The van der Waals surface area contributed by atoms with Crippen molar-refractivity contribution < 1.29 is 19.5 Å². The van der Waals surface area contributed by atoms with Gasteiger partial charge in [0.1, 0.15) is 5.75 Å². The monoisotopic (exact) mass is 296 g/mol. The molecule has 0 atom stereocenters. The molecule has 1 fully saturated rings. The maximum atomic E-state index is 11.0. The number of anilines is 1. The van der Waals surface area contributed by atoms with Gasteiger partial charge in [-0.05, 0) is 0 Å². The largest absolute Gasteiger partial charge is 0.496 e. The molecule has 0 unspecified atom stereocenters. The summed E-state index contributed by atoms with van der Waals surface area (Å²) < 4.78 is 10.3. The fourth-order valence-electron chi connectivity index (χ4n) is 2.45. The van der Waals surface area contributed by atoms with Crippen molar-refractivity contribution in [2.45, 2.75) is 18.4 Å². The van der Waals surface area contributed by atoms with Gasteiger partial charge in [-0.2, -0.15) is 0 Å². The molecule has 1 aliphatic rings. The fraction of sp³-hybridized carbons (Fsp3) is 0.571. The molecule has 7 heteroatoms. The number of likely N-dealkylation sites (N-methyl/N-ethyl adjacent to an activating group) is 1. The molecular weight excluding hydrogens is 276 g/mol. The standard InChI is InChI=1S/C14H20N2O5/c1-15(10-14(17)3-5-21-6-4-14)11-7-12(16(18)19)9-13(8-11)20-2/h7-9,17H,3-6,10H2,1-2H3. The summed E-state index contributed by atoms with van der Waals surface area (Å²) in [7, 11) is 3.26. The predicted molar refractivity (Wildman–Crippen MR) is 77.9 cm³/mol. The van der Waals surface area contributed by atoms with Gasteiger partial charge in [-0.15, -0.1) is 0 Å². The van der Waals surface area contributed by atoms with E-state index in [1.165, 1.54) is 19.2 Å². The molecule has 7 nitrogen and oxygen atoms in total. The highest BCUT2D eigenvalue weighted by Gasteiger charge is 2.31. The van der Waals surface area contributed by atoms with E-state index in [1.54, 1.807) is 18.0 Å². The van der Waals surface area contributed by atoms with E-state index in [-0.39, 0.29) is 5.69 Å². The number of nitro groups is 1. The van der Waals surface area contributed by atoms with Crippen LogP contribution in [-0.2, 0) is 4.74 Å². The minimum absolute atomic E-state index is 0.0323. The Hall–Kier alpha value is -1.86. The Morgan fingerprint density at radius 2 is 2.10 bits per heavy atom. The van der Waals surface area contributed by atoms with E-state index in [9.17, 15) is 15.2 Å². The van der Waals surface area contributed by atoms with E-state index < -0.39 is 10.5 Å². The first-order valence-corrected chi connectivity index (χ1v) is 6.78. The van der Waals surface area contributed by atoms with E-state index in [0.717, 1.165) is 0 Å². The van der Waals surface area contributed by atoms with Gasteiger partial charge in [-0.1, -0.05) is 0 Å². The second-order valence-electron chi connectivity index (χ2n) is 5.34. The summed E-state index contributed by atoms with van der Waals surface area (Å²) >= 11 is 0. The van der Waals surface area contributed by atoms with Gasteiger partial charge in [-0.25, -0.2) is 0 Å². The maximum absolute atomic E-state index is 11.0. The third-order valence-corrected chi connectivity index (χ3v) is 3.72. The summed E-state index contributed by atoms with van der Waals surface area (Å²) in [6.45, 7) is 1.45. The number of benzene rings is 1. The van der Waals surface area contributed by atoms with Crippen LogP contribution in [0.4, 0.5) is 11.4 Å². The third-order valence-electron chi connectivity index (χ3n) is 3.72. The van der Waals surface area contributed by atoms with Crippen LogP contribution in [0.3, 0.4) is 0 Å². The van der Waals surface area contributed by atoms with Crippen LogP contribution in [0.25, 0.3) is 0 Å². The molecule has 21 heavy (non-hydrogen) atoms. The minimum Gasteiger partial charge on any atom is -0.496 e. The first-order chi connectivity index (χ1) is 9.93. The smallest absolute Gasteiger partial charge is 0.275 e. The van der Waals surface area contributed by atoms with Gasteiger partial charge in [0.05, 0.1) is 23.7 Å². The number of nitro benzene ring substituents is 1. The molecule has 1 aromatic carbocycles. The SMILES string of the molecule is COc1cc(N(C)CC2(O)CCOCC2)cc([N+](=O)[O-])c1. The third kappa shape index (κ3) is 3.83. The van der Waals surface area contributed by atoms with Crippen molar-refractivity contribution in [3.8, 4) is 5.75 Å². The van der Waals surface area contributed by atoms with Crippen molar-refractivity contribution in [2.75, 3.05) is 38.8 Å². The Balaban J connectivity index is 2.19. The lowest BCUT2D eigenvalue weighted by Crippen LogP contribution is -2.45. The molecule has 0 saturated carbocycles. The Bertz CT molecular complexity index is 514. The lowest BCUT2D eigenvalue weighted by Gasteiger charge is -2.36. The maximum Gasteiger partial charge on any atom is 0.275 e. The van der Waals surface area contributed by atoms with Crippen LogP contribution in [-0.4, -0.2) is 49.5 Å². The molecule has 1 aliphatic heterocycles. The van der Waals surface area contributed by atoms with Gasteiger partial charge in [0, 0.05) is 57.5 Å². The molecular formula is C14H20N2O5. The summed E-state index contributed by atoms with van der Waals surface area (Å²) in [5.41, 5.74) is -0.221. The normalized spacial score (nSPS) is 17.3. The zero-order valence-corrected chi connectivity index (χ0v) is 12.2. The second kappa shape index (κ2) is 6.28. The van der Waals surface area contributed by atoms with Gasteiger partial charge >= 0.3 is 0 Å². The Morgan fingerprint density at radius 1 is 1.43 bits per heavy atom. The van der Waals surface area contributed by atoms with Gasteiger partial charge < -0.3 is 19.5 Å². The number of aliphatic hydroxyl groups is 1. The average molecular weight is 296 g/mol. The molecule has 0 bridgehead atoms. The number of non-ortho nitro benzene ring substituents is 1. The van der Waals surface area contributed by atoms with Crippen molar-refractivity contribution >= 4 is 11.4 Å². The lowest BCUT2D eigenvalue weighted by molar-refractivity contribution is -0.384. The molecule has 0 aromatic heterocycles. The summed E-state index contributed by atoms with van der Waals surface area (Å²) in [4.78, 5) is 12.3. The lowest BCUT2D eigenvalue weighted by atomic mass is 9.94. The van der Waals surface area contributed by atoms with E-state index in [1.807, 2.05) is 0 Å². The van der Waals surface area contributed by atoms with Crippen LogP contribution in [0.2, 0.25) is 0 Å². The zero-order valence-electron chi connectivity index (χ0n) is 12.2. The molecule has 116 valence electrons. The van der Waals surface area contributed by atoms with Crippen LogP contribution >= 0.6 is 0 Å². The van der Waals surface area contributed by atoms with E-state index in [4.69, 9.17) is 9.47 Å².